The fourth-order valence-electron chi connectivity index (χ4n) is 2.81. The average molecular weight is 310 g/mol. The number of fused-ring (bicyclic) bond motifs is 1. The van der Waals surface area contributed by atoms with E-state index in [9.17, 15) is 4.39 Å². The van der Waals surface area contributed by atoms with E-state index in [0.29, 0.717) is 11.8 Å². The van der Waals surface area contributed by atoms with E-state index in [0.717, 1.165) is 45.9 Å². The summed E-state index contributed by atoms with van der Waals surface area (Å²) in [5, 5.41) is 1.43. The first kappa shape index (κ1) is 14.3. The number of hydrogen-bond acceptors (Lipinski definition) is 4. The first-order chi connectivity index (χ1) is 9.69. The van der Waals surface area contributed by atoms with Gasteiger partial charge in [0.25, 0.3) is 0 Å². The molecule has 3 rings (SSSR count). The van der Waals surface area contributed by atoms with Crippen molar-refractivity contribution in [2.45, 2.75) is 25.3 Å². The minimum Gasteiger partial charge on any atom is -0.326 e. The number of hydrogen-bond donors (Lipinski definition) is 1. The summed E-state index contributed by atoms with van der Waals surface area (Å²) in [6.45, 7) is 5.71. The molecule has 1 aliphatic heterocycles. The van der Waals surface area contributed by atoms with Crippen molar-refractivity contribution < 1.29 is 4.39 Å². The molecule has 1 aromatic heterocycles. The lowest BCUT2D eigenvalue weighted by Crippen LogP contribution is -2.36. The van der Waals surface area contributed by atoms with Gasteiger partial charge in [0, 0.05) is 52.1 Å². The third-order valence-electron chi connectivity index (χ3n) is 3.74. The molecule has 1 unspecified atom stereocenters. The van der Waals surface area contributed by atoms with Gasteiger partial charge in [-0.1, -0.05) is 13.0 Å². The molecule has 0 bridgehead atoms. The first-order valence-electron chi connectivity index (χ1n) is 6.92. The Labute approximate surface area is 127 Å². The maximum atomic E-state index is 14.2. The van der Waals surface area contributed by atoms with Crippen LogP contribution in [0, 0.1) is 5.82 Å². The summed E-state index contributed by atoms with van der Waals surface area (Å²) in [7, 11) is 0. The minimum atomic E-state index is -0.118. The topological polar surface area (TPSA) is 29.3 Å². The average Bonchev–Trinajstić information content (AvgIpc) is 2.78. The van der Waals surface area contributed by atoms with Gasteiger partial charge in [-0.3, -0.25) is 4.90 Å². The second kappa shape index (κ2) is 6.02. The quantitative estimate of drug-likeness (QED) is 0.941. The molecule has 1 aromatic carbocycles. The summed E-state index contributed by atoms with van der Waals surface area (Å²) in [6, 6.07) is 5.31. The molecule has 0 saturated carbocycles. The summed E-state index contributed by atoms with van der Waals surface area (Å²) < 4.78 is 15.2. The maximum Gasteiger partial charge on any atom is 0.132 e. The molecule has 0 amide bonds. The van der Waals surface area contributed by atoms with Crippen molar-refractivity contribution in [2.75, 3.05) is 18.8 Å². The van der Waals surface area contributed by atoms with Gasteiger partial charge in [-0.15, -0.1) is 11.3 Å². The number of nitrogens with zero attached hydrogens (tertiary/aromatic N) is 1. The Morgan fingerprint density at radius 3 is 3.05 bits per heavy atom. The van der Waals surface area contributed by atoms with Gasteiger partial charge in [0.05, 0.1) is 0 Å². The molecule has 2 N–H and O–H groups in total. The van der Waals surface area contributed by atoms with E-state index in [1.165, 1.54) is 0 Å². The molecule has 0 radical (unpaired) electrons. The van der Waals surface area contributed by atoms with Gasteiger partial charge >= 0.3 is 0 Å². The van der Waals surface area contributed by atoms with E-state index < -0.39 is 0 Å². The van der Waals surface area contributed by atoms with E-state index in [2.05, 4.69) is 11.8 Å². The minimum absolute atomic E-state index is 0.118. The lowest BCUT2D eigenvalue weighted by atomic mass is 10.1. The molecule has 1 saturated heterocycles. The van der Waals surface area contributed by atoms with Gasteiger partial charge < -0.3 is 5.73 Å². The summed E-state index contributed by atoms with van der Waals surface area (Å²) >= 11 is 3.64. The lowest BCUT2D eigenvalue weighted by molar-refractivity contribution is 0.279. The van der Waals surface area contributed by atoms with E-state index in [-0.39, 0.29) is 5.82 Å². The Bertz CT molecular complexity index is 611. The standard InChI is InChI=1S/C15H19FN2S2/c1-10-8-18(5-6-19-10)9-11-14(7-17)20-13-4-2-3-12(16)15(11)13/h2-4,10H,5-9,17H2,1H3. The van der Waals surface area contributed by atoms with Crippen LogP contribution in [0.5, 0.6) is 0 Å². The predicted molar refractivity (Wildman–Crippen MR) is 86.9 cm³/mol. The smallest absolute Gasteiger partial charge is 0.132 e. The first-order valence-corrected chi connectivity index (χ1v) is 8.78. The van der Waals surface area contributed by atoms with E-state index >= 15 is 0 Å². The molecule has 2 heterocycles. The summed E-state index contributed by atoms with van der Waals surface area (Å²) in [5.41, 5.74) is 6.96. The SMILES string of the molecule is CC1CN(Cc2c(CN)sc3cccc(F)c23)CCS1. The van der Waals surface area contributed by atoms with Crippen molar-refractivity contribution in [2.24, 2.45) is 5.73 Å². The molecule has 108 valence electrons. The molecule has 0 aliphatic carbocycles. The van der Waals surface area contributed by atoms with Crippen LogP contribution < -0.4 is 5.73 Å². The van der Waals surface area contributed by atoms with Gasteiger partial charge in [-0.25, -0.2) is 4.39 Å². The van der Waals surface area contributed by atoms with Crippen LogP contribution in [0.25, 0.3) is 10.1 Å². The maximum absolute atomic E-state index is 14.2. The number of thiophene rings is 1. The van der Waals surface area contributed by atoms with Crippen molar-refractivity contribution in [1.29, 1.82) is 0 Å². The highest BCUT2D eigenvalue weighted by Crippen LogP contribution is 2.34. The van der Waals surface area contributed by atoms with Crippen LogP contribution in [0.1, 0.15) is 17.4 Å². The largest absolute Gasteiger partial charge is 0.326 e. The van der Waals surface area contributed by atoms with Crippen LogP contribution in [0.4, 0.5) is 4.39 Å². The molecule has 20 heavy (non-hydrogen) atoms. The van der Waals surface area contributed by atoms with Gasteiger partial charge in [-0.05, 0) is 17.7 Å². The predicted octanol–water partition coefficient (Wildman–Crippen LogP) is 3.44. The summed E-state index contributed by atoms with van der Waals surface area (Å²) in [5.74, 6) is 1.04. The third kappa shape index (κ3) is 2.72. The fourth-order valence-corrected chi connectivity index (χ4v) is 5.00. The number of rotatable bonds is 3. The van der Waals surface area contributed by atoms with Gasteiger partial charge in [-0.2, -0.15) is 11.8 Å². The van der Waals surface area contributed by atoms with Crippen molar-refractivity contribution in [1.82, 2.24) is 4.90 Å². The van der Waals surface area contributed by atoms with Crippen LogP contribution in [0.2, 0.25) is 0 Å². The molecule has 2 nitrogen and oxygen atoms in total. The van der Waals surface area contributed by atoms with E-state index in [1.807, 2.05) is 17.8 Å². The summed E-state index contributed by atoms with van der Waals surface area (Å²) in [6.07, 6.45) is 0. The number of thioether (sulfide) groups is 1. The van der Waals surface area contributed by atoms with Crippen LogP contribution in [0.15, 0.2) is 18.2 Å². The highest BCUT2D eigenvalue weighted by atomic mass is 32.2. The second-order valence-corrected chi connectivity index (χ2v) is 7.92. The zero-order valence-corrected chi connectivity index (χ0v) is 13.2. The van der Waals surface area contributed by atoms with Gasteiger partial charge in [0.2, 0.25) is 0 Å². The van der Waals surface area contributed by atoms with Gasteiger partial charge in [0.15, 0.2) is 0 Å². The molecule has 0 spiro atoms. The van der Waals surface area contributed by atoms with Crippen LogP contribution in [-0.2, 0) is 13.1 Å². The molecular formula is C15H19FN2S2. The molecule has 2 aromatic rings. The monoisotopic (exact) mass is 310 g/mol. The van der Waals surface area contributed by atoms with Gasteiger partial charge in [0.1, 0.15) is 5.82 Å². The Morgan fingerprint density at radius 2 is 2.30 bits per heavy atom. The molecule has 1 aliphatic rings. The van der Waals surface area contributed by atoms with Crippen molar-refractivity contribution >= 4 is 33.2 Å². The Kier molecular flexibility index (Phi) is 4.31. The molecule has 1 fully saturated rings. The fraction of sp³-hybridized carbons (Fsp3) is 0.467. The van der Waals surface area contributed by atoms with Crippen molar-refractivity contribution in [3.8, 4) is 0 Å². The highest BCUT2D eigenvalue weighted by molar-refractivity contribution is 7.99. The lowest BCUT2D eigenvalue weighted by Gasteiger charge is -2.30. The molecular weight excluding hydrogens is 291 g/mol. The van der Waals surface area contributed by atoms with E-state index in [4.69, 9.17) is 5.73 Å². The normalized spacial score (nSPS) is 20.6. The number of nitrogens with two attached hydrogens (primary N) is 1. The zero-order valence-electron chi connectivity index (χ0n) is 11.6. The number of benzene rings is 1. The van der Waals surface area contributed by atoms with Crippen LogP contribution in [-0.4, -0.2) is 29.0 Å². The van der Waals surface area contributed by atoms with E-state index in [1.54, 1.807) is 23.5 Å². The van der Waals surface area contributed by atoms with Crippen LogP contribution >= 0.6 is 23.1 Å². The molecule has 1 atom stereocenters. The summed E-state index contributed by atoms with van der Waals surface area (Å²) in [4.78, 5) is 3.55. The number of halogens is 1. The Morgan fingerprint density at radius 1 is 1.45 bits per heavy atom. The highest BCUT2D eigenvalue weighted by Gasteiger charge is 2.21. The Hall–Kier alpha value is -0.620. The second-order valence-electron chi connectivity index (χ2n) is 5.24. The molecule has 5 heteroatoms. The third-order valence-corrected chi connectivity index (χ3v) is 6.10. The van der Waals surface area contributed by atoms with Crippen molar-refractivity contribution in [3.05, 3.63) is 34.5 Å². The van der Waals surface area contributed by atoms with Crippen molar-refractivity contribution in [3.63, 3.8) is 0 Å². The van der Waals surface area contributed by atoms with Crippen LogP contribution in [0.3, 0.4) is 0 Å². The zero-order chi connectivity index (χ0) is 14.1. The Balaban J connectivity index is 1.97.